The SMILES string of the molecule is CCCCc1nc(Cl)c(C=O)n1Cc1ccc(C(=O)OC)cc1OC. The Bertz CT molecular complexity index is 771. The Morgan fingerprint density at radius 3 is 2.72 bits per heavy atom. The van der Waals surface area contributed by atoms with Crippen LogP contribution in [0.25, 0.3) is 0 Å². The number of hydrogen-bond donors (Lipinski definition) is 0. The molecule has 1 heterocycles. The third-order valence-electron chi connectivity index (χ3n) is 3.94. The zero-order chi connectivity index (χ0) is 18.4. The number of aryl methyl sites for hydroxylation is 1. The summed E-state index contributed by atoms with van der Waals surface area (Å²) in [6.45, 7) is 2.46. The molecular formula is C18H21ClN2O4. The summed E-state index contributed by atoms with van der Waals surface area (Å²) in [5.41, 5.74) is 1.55. The molecule has 134 valence electrons. The average molecular weight is 365 g/mol. The molecule has 0 atom stereocenters. The highest BCUT2D eigenvalue weighted by molar-refractivity contribution is 6.31. The van der Waals surface area contributed by atoms with E-state index in [1.807, 2.05) is 0 Å². The lowest BCUT2D eigenvalue weighted by atomic mass is 10.1. The summed E-state index contributed by atoms with van der Waals surface area (Å²) in [6, 6.07) is 5.05. The third-order valence-corrected chi connectivity index (χ3v) is 4.22. The number of hydrogen-bond acceptors (Lipinski definition) is 5. The van der Waals surface area contributed by atoms with E-state index in [2.05, 4.69) is 11.9 Å². The maximum absolute atomic E-state index is 11.7. The van der Waals surface area contributed by atoms with Crippen molar-refractivity contribution in [3.05, 3.63) is 46.0 Å². The highest BCUT2D eigenvalue weighted by Gasteiger charge is 2.18. The van der Waals surface area contributed by atoms with Gasteiger partial charge in [0.1, 0.15) is 17.3 Å². The van der Waals surface area contributed by atoms with Gasteiger partial charge >= 0.3 is 5.97 Å². The van der Waals surface area contributed by atoms with E-state index in [9.17, 15) is 9.59 Å². The lowest BCUT2D eigenvalue weighted by Crippen LogP contribution is -2.10. The largest absolute Gasteiger partial charge is 0.496 e. The van der Waals surface area contributed by atoms with Crippen LogP contribution in [0.15, 0.2) is 18.2 Å². The van der Waals surface area contributed by atoms with Gasteiger partial charge in [0.2, 0.25) is 0 Å². The number of ether oxygens (including phenoxy) is 2. The molecule has 0 saturated heterocycles. The molecule has 0 spiro atoms. The molecule has 0 fully saturated rings. The fraction of sp³-hybridized carbons (Fsp3) is 0.389. The number of nitrogens with zero attached hydrogens (tertiary/aromatic N) is 2. The van der Waals surface area contributed by atoms with Gasteiger partial charge < -0.3 is 14.0 Å². The van der Waals surface area contributed by atoms with Gasteiger partial charge in [0.05, 0.1) is 26.3 Å². The number of carbonyl (C=O) groups is 2. The maximum Gasteiger partial charge on any atom is 0.337 e. The summed E-state index contributed by atoms with van der Waals surface area (Å²) in [4.78, 5) is 27.4. The first-order valence-electron chi connectivity index (χ1n) is 8.01. The summed E-state index contributed by atoms with van der Waals surface area (Å²) < 4.78 is 11.9. The minimum atomic E-state index is -0.437. The van der Waals surface area contributed by atoms with Gasteiger partial charge in [0, 0.05) is 12.0 Å². The van der Waals surface area contributed by atoms with Crippen LogP contribution < -0.4 is 4.74 Å². The summed E-state index contributed by atoms with van der Waals surface area (Å²) in [5, 5.41) is 0.200. The number of aldehydes is 1. The molecule has 6 nitrogen and oxygen atoms in total. The Hall–Kier alpha value is -2.34. The predicted octanol–water partition coefficient (Wildman–Crippen LogP) is 3.54. The van der Waals surface area contributed by atoms with Gasteiger partial charge in [0.15, 0.2) is 11.4 Å². The van der Waals surface area contributed by atoms with Crippen LogP contribution in [0.1, 0.15) is 52.0 Å². The number of methoxy groups -OCH3 is 2. The monoisotopic (exact) mass is 364 g/mol. The van der Waals surface area contributed by atoms with Gasteiger partial charge in [-0.25, -0.2) is 9.78 Å². The average Bonchev–Trinajstić information content (AvgIpc) is 2.93. The predicted molar refractivity (Wildman–Crippen MR) is 94.7 cm³/mol. The molecule has 0 aliphatic carbocycles. The summed E-state index contributed by atoms with van der Waals surface area (Å²) in [6.07, 6.45) is 3.40. The second kappa shape index (κ2) is 8.67. The minimum Gasteiger partial charge on any atom is -0.496 e. The maximum atomic E-state index is 11.7. The summed E-state index contributed by atoms with van der Waals surface area (Å²) >= 11 is 6.10. The normalized spacial score (nSPS) is 10.6. The van der Waals surface area contributed by atoms with Crippen LogP contribution in [-0.4, -0.2) is 36.0 Å². The van der Waals surface area contributed by atoms with E-state index >= 15 is 0 Å². The van der Waals surface area contributed by atoms with Gasteiger partial charge in [-0.05, 0) is 18.6 Å². The van der Waals surface area contributed by atoms with Crippen molar-refractivity contribution in [3.8, 4) is 5.75 Å². The van der Waals surface area contributed by atoms with Crippen molar-refractivity contribution in [2.75, 3.05) is 14.2 Å². The van der Waals surface area contributed by atoms with E-state index < -0.39 is 5.97 Å². The smallest absolute Gasteiger partial charge is 0.337 e. The van der Waals surface area contributed by atoms with Crippen LogP contribution >= 0.6 is 11.6 Å². The van der Waals surface area contributed by atoms with Crippen LogP contribution in [0.2, 0.25) is 5.15 Å². The Labute approximate surface area is 151 Å². The van der Waals surface area contributed by atoms with E-state index in [-0.39, 0.29) is 5.15 Å². The molecule has 0 aliphatic heterocycles. The number of esters is 1. The highest BCUT2D eigenvalue weighted by atomic mass is 35.5. The van der Waals surface area contributed by atoms with Crippen LogP contribution in [0.3, 0.4) is 0 Å². The molecule has 2 aromatic rings. The quantitative estimate of drug-likeness (QED) is 0.529. The van der Waals surface area contributed by atoms with Crippen molar-refractivity contribution < 1.29 is 19.1 Å². The van der Waals surface area contributed by atoms with Crippen molar-refractivity contribution in [3.63, 3.8) is 0 Å². The first kappa shape index (κ1) is 19.0. The lowest BCUT2D eigenvalue weighted by molar-refractivity contribution is 0.0600. The number of rotatable bonds is 8. The van der Waals surface area contributed by atoms with E-state index in [0.29, 0.717) is 29.8 Å². The molecule has 1 aromatic carbocycles. The second-order valence-corrected chi connectivity index (χ2v) is 5.89. The molecule has 0 amide bonds. The van der Waals surface area contributed by atoms with Crippen LogP contribution in [0.4, 0.5) is 0 Å². The Morgan fingerprint density at radius 2 is 2.12 bits per heavy atom. The van der Waals surface area contributed by atoms with Gasteiger partial charge in [-0.15, -0.1) is 0 Å². The van der Waals surface area contributed by atoms with E-state index in [1.165, 1.54) is 14.2 Å². The van der Waals surface area contributed by atoms with Crippen LogP contribution in [0.5, 0.6) is 5.75 Å². The number of unbranched alkanes of at least 4 members (excludes halogenated alkanes) is 1. The van der Waals surface area contributed by atoms with Crippen molar-refractivity contribution in [1.82, 2.24) is 9.55 Å². The summed E-state index contributed by atoms with van der Waals surface area (Å²) in [5.74, 6) is 0.854. The van der Waals surface area contributed by atoms with Gasteiger partial charge in [0.25, 0.3) is 0 Å². The second-order valence-electron chi connectivity index (χ2n) is 5.53. The van der Waals surface area contributed by atoms with Crippen molar-refractivity contribution in [2.45, 2.75) is 32.7 Å². The van der Waals surface area contributed by atoms with Crippen molar-refractivity contribution >= 4 is 23.9 Å². The standard InChI is InChI=1S/C18H21ClN2O4/c1-4-5-6-16-20-17(19)14(11-22)21(16)10-13-8-7-12(18(23)25-3)9-15(13)24-2/h7-9,11H,4-6,10H2,1-3H3. The first-order chi connectivity index (χ1) is 12.0. The minimum absolute atomic E-state index is 0.200. The fourth-order valence-electron chi connectivity index (χ4n) is 2.59. The number of imidazole rings is 1. The number of carbonyl (C=O) groups excluding carboxylic acids is 2. The Balaban J connectivity index is 2.41. The molecule has 0 radical (unpaired) electrons. The van der Waals surface area contributed by atoms with Gasteiger partial charge in [-0.3, -0.25) is 4.79 Å². The summed E-state index contributed by atoms with van der Waals surface area (Å²) in [7, 11) is 2.85. The molecule has 0 aliphatic rings. The highest BCUT2D eigenvalue weighted by Crippen LogP contribution is 2.25. The number of halogens is 1. The van der Waals surface area contributed by atoms with E-state index in [0.717, 1.165) is 30.7 Å². The number of benzene rings is 1. The third kappa shape index (κ3) is 4.20. The molecule has 0 bridgehead atoms. The molecule has 2 rings (SSSR count). The number of aromatic nitrogens is 2. The van der Waals surface area contributed by atoms with Gasteiger partial charge in [-0.2, -0.15) is 0 Å². The van der Waals surface area contributed by atoms with Crippen molar-refractivity contribution in [2.24, 2.45) is 0 Å². The van der Waals surface area contributed by atoms with E-state index in [4.69, 9.17) is 21.1 Å². The van der Waals surface area contributed by atoms with E-state index in [1.54, 1.807) is 22.8 Å². The molecular weight excluding hydrogens is 344 g/mol. The van der Waals surface area contributed by atoms with Crippen LogP contribution in [0, 0.1) is 0 Å². The molecule has 25 heavy (non-hydrogen) atoms. The fourth-order valence-corrected chi connectivity index (χ4v) is 2.83. The topological polar surface area (TPSA) is 70.4 Å². The van der Waals surface area contributed by atoms with Crippen LogP contribution in [-0.2, 0) is 17.7 Å². The van der Waals surface area contributed by atoms with Gasteiger partial charge in [-0.1, -0.05) is 31.0 Å². The molecule has 1 aromatic heterocycles. The Kier molecular flexibility index (Phi) is 6.58. The molecule has 0 unspecified atom stereocenters. The lowest BCUT2D eigenvalue weighted by Gasteiger charge is -2.13. The zero-order valence-corrected chi connectivity index (χ0v) is 15.3. The Morgan fingerprint density at radius 1 is 1.36 bits per heavy atom. The zero-order valence-electron chi connectivity index (χ0n) is 14.5. The molecule has 7 heteroatoms. The van der Waals surface area contributed by atoms with Crippen molar-refractivity contribution in [1.29, 1.82) is 0 Å². The molecule has 0 N–H and O–H groups in total. The first-order valence-corrected chi connectivity index (χ1v) is 8.38. The molecule has 0 saturated carbocycles.